The van der Waals surface area contributed by atoms with Crippen LogP contribution in [0.3, 0.4) is 0 Å². The van der Waals surface area contributed by atoms with Crippen molar-refractivity contribution in [1.82, 2.24) is 0 Å². The molecular formula is C53H72N2O10S. The van der Waals surface area contributed by atoms with Gasteiger partial charge in [0.15, 0.2) is 0 Å². The summed E-state index contributed by atoms with van der Waals surface area (Å²) in [5.41, 5.74) is 7.96. The molecule has 0 spiro atoms. The summed E-state index contributed by atoms with van der Waals surface area (Å²) >= 11 is 0. The Morgan fingerprint density at radius 3 is 1.24 bits per heavy atom. The van der Waals surface area contributed by atoms with Crippen molar-refractivity contribution in [3.8, 4) is 23.0 Å². The standard InChI is InChI=1S/2C26H33NO5.CH4.H2S/c2*1-6-31-24(28)16-27-23-15-20(30-5)11-12-22(23)19-8-7-18-14-21(10-9-17(18)13-19)32-25(29)26(2,3)4;;/h2*9-12,14-15,19,27H,6-8,13,16H2,1-5H3;1H4;1H2/t2*19-;;/m10../s1. The van der Waals surface area contributed by atoms with E-state index >= 15 is 0 Å². The van der Waals surface area contributed by atoms with E-state index in [-0.39, 0.29) is 57.9 Å². The fourth-order valence-corrected chi connectivity index (χ4v) is 7.74. The minimum Gasteiger partial charge on any atom is -0.497 e. The average molecular weight is 929 g/mol. The number of benzene rings is 4. The number of methoxy groups -OCH3 is 2. The number of ether oxygens (including phenoxy) is 6. The number of anilines is 2. The van der Waals surface area contributed by atoms with Gasteiger partial charge in [0.2, 0.25) is 0 Å². The third-order valence-electron chi connectivity index (χ3n) is 11.3. The zero-order valence-corrected chi connectivity index (χ0v) is 40.7. The second kappa shape index (κ2) is 24.7. The van der Waals surface area contributed by atoms with Crippen molar-refractivity contribution >= 4 is 48.7 Å². The number of hydrogen-bond donors (Lipinski definition) is 2. The van der Waals surface area contributed by atoms with Crippen molar-refractivity contribution in [2.24, 2.45) is 10.8 Å². The van der Waals surface area contributed by atoms with Crippen LogP contribution < -0.4 is 29.6 Å². The molecule has 360 valence electrons. The fourth-order valence-electron chi connectivity index (χ4n) is 7.74. The number of carbonyl (C=O) groups is 4. The van der Waals surface area contributed by atoms with Gasteiger partial charge in [0.05, 0.1) is 38.3 Å². The highest BCUT2D eigenvalue weighted by Gasteiger charge is 2.28. The van der Waals surface area contributed by atoms with E-state index in [1.54, 1.807) is 28.1 Å². The Balaban J connectivity index is 0.000000340. The molecular weight excluding hydrogens is 857 g/mol. The van der Waals surface area contributed by atoms with E-state index in [9.17, 15) is 19.2 Å². The maximum Gasteiger partial charge on any atom is 0.325 e. The first-order valence-corrected chi connectivity index (χ1v) is 22.2. The number of aryl methyl sites for hydroxylation is 2. The third-order valence-corrected chi connectivity index (χ3v) is 11.3. The van der Waals surface area contributed by atoms with Crippen LogP contribution in [0.5, 0.6) is 23.0 Å². The van der Waals surface area contributed by atoms with Gasteiger partial charge in [-0.1, -0.05) is 31.7 Å². The first-order valence-electron chi connectivity index (χ1n) is 22.2. The first-order chi connectivity index (χ1) is 30.4. The van der Waals surface area contributed by atoms with Crippen molar-refractivity contribution in [3.63, 3.8) is 0 Å². The fraction of sp³-hybridized carbons (Fsp3) is 0.472. The second-order valence-corrected chi connectivity index (χ2v) is 18.2. The molecule has 0 radical (unpaired) electrons. The summed E-state index contributed by atoms with van der Waals surface area (Å²) in [5, 5.41) is 6.45. The molecule has 66 heavy (non-hydrogen) atoms. The van der Waals surface area contributed by atoms with E-state index in [2.05, 4.69) is 34.9 Å². The van der Waals surface area contributed by atoms with Crippen LogP contribution >= 0.6 is 13.5 Å². The molecule has 0 unspecified atom stereocenters. The predicted molar refractivity (Wildman–Crippen MR) is 266 cm³/mol. The van der Waals surface area contributed by atoms with Crippen LogP contribution in [-0.2, 0) is 54.3 Å². The van der Waals surface area contributed by atoms with Crippen LogP contribution in [0.25, 0.3) is 0 Å². The Morgan fingerprint density at radius 1 is 0.545 bits per heavy atom. The first kappa shape index (κ1) is 54.6. The molecule has 0 bridgehead atoms. The molecule has 2 atom stereocenters. The van der Waals surface area contributed by atoms with Crippen LogP contribution in [-0.4, -0.2) is 64.4 Å². The van der Waals surface area contributed by atoms with E-state index in [1.807, 2.05) is 90.1 Å². The van der Waals surface area contributed by atoms with Gasteiger partial charge in [0.25, 0.3) is 0 Å². The van der Waals surface area contributed by atoms with E-state index in [4.69, 9.17) is 28.4 Å². The molecule has 0 saturated heterocycles. The topological polar surface area (TPSA) is 148 Å². The average Bonchev–Trinajstić information content (AvgIpc) is 3.26. The molecule has 0 saturated carbocycles. The zero-order chi connectivity index (χ0) is 46.6. The Morgan fingerprint density at radius 2 is 0.909 bits per heavy atom. The van der Waals surface area contributed by atoms with Gasteiger partial charge >= 0.3 is 23.9 Å². The lowest BCUT2D eigenvalue weighted by Crippen LogP contribution is -2.25. The summed E-state index contributed by atoms with van der Waals surface area (Å²) in [6.07, 6.45) is 5.47. The third kappa shape index (κ3) is 15.2. The molecule has 0 amide bonds. The van der Waals surface area contributed by atoms with Crippen LogP contribution in [0.1, 0.15) is 121 Å². The van der Waals surface area contributed by atoms with Crippen LogP contribution in [0, 0.1) is 10.8 Å². The quantitative estimate of drug-likeness (QED) is 0.0916. The van der Waals surface area contributed by atoms with Gasteiger partial charge in [0.1, 0.15) is 36.1 Å². The van der Waals surface area contributed by atoms with Crippen molar-refractivity contribution in [2.75, 3.05) is 51.2 Å². The second-order valence-electron chi connectivity index (χ2n) is 18.2. The molecule has 13 heteroatoms. The maximum atomic E-state index is 12.2. The Labute approximate surface area is 399 Å². The van der Waals surface area contributed by atoms with Crippen LogP contribution in [0.15, 0.2) is 72.8 Å². The molecule has 2 aliphatic carbocycles. The van der Waals surface area contributed by atoms with Gasteiger partial charge in [-0.15, -0.1) is 0 Å². The summed E-state index contributed by atoms with van der Waals surface area (Å²) in [5.74, 6) is 2.25. The van der Waals surface area contributed by atoms with E-state index in [0.717, 1.165) is 72.5 Å². The normalized spacial score (nSPS) is 15.0. The molecule has 12 nitrogen and oxygen atoms in total. The van der Waals surface area contributed by atoms with Crippen molar-refractivity contribution < 1.29 is 47.6 Å². The number of carbonyl (C=O) groups excluding carboxylic acids is 4. The molecule has 0 aromatic heterocycles. The van der Waals surface area contributed by atoms with Gasteiger partial charge in [-0.25, -0.2) is 0 Å². The molecule has 2 N–H and O–H groups in total. The van der Waals surface area contributed by atoms with Crippen molar-refractivity contribution in [3.05, 3.63) is 106 Å². The van der Waals surface area contributed by atoms with Crippen LogP contribution in [0.4, 0.5) is 11.4 Å². The molecule has 6 rings (SSSR count). The molecule has 4 aromatic carbocycles. The van der Waals surface area contributed by atoms with Gasteiger partial charge in [-0.3, -0.25) is 19.2 Å². The number of hydrogen-bond acceptors (Lipinski definition) is 12. The molecule has 0 heterocycles. The molecule has 0 fully saturated rings. The van der Waals surface area contributed by atoms with E-state index in [1.165, 1.54) is 22.3 Å². The largest absolute Gasteiger partial charge is 0.497 e. The Hall–Kier alpha value is -5.69. The molecule has 4 aromatic rings. The van der Waals surface area contributed by atoms with E-state index in [0.29, 0.717) is 36.5 Å². The molecule has 0 aliphatic heterocycles. The lowest BCUT2D eigenvalue weighted by atomic mass is 9.79. The lowest BCUT2D eigenvalue weighted by molar-refractivity contribution is -0.143. The maximum absolute atomic E-state index is 12.2. The Kier molecular flexibility index (Phi) is 20.5. The van der Waals surface area contributed by atoms with Gasteiger partial charge in [0, 0.05) is 23.5 Å². The van der Waals surface area contributed by atoms with E-state index < -0.39 is 10.8 Å². The minimum absolute atomic E-state index is 0. The highest BCUT2D eigenvalue weighted by molar-refractivity contribution is 7.59. The zero-order valence-electron chi connectivity index (χ0n) is 39.7. The van der Waals surface area contributed by atoms with Crippen molar-refractivity contribution in [1.29, 1.82) is 0 Å². The minimum atomic E-state index is -0.539. The summed E-state index contributed by atoms with van der Waals surface area (Å²) in [6.45, 7) is 15.6. The molecule has 2 aliphatic rings. The predicted octanol–water partition coefficient (Wildman–Crippen LogP) is 10.5. The number of rotatable bonds is 14. The monoisotopic (exact) mass is 928 g/mol. The highest BCUT2D eigenvalue weighted by atomic mass is 32.1. The summed E-state index contributed by atoms with van der Waals surface area (Å²) in [4.78, 5) is 48.1. The van der Waals surface area contributed by atoms with Gasteiger partial charge < -0.3 is 39.1 Å². The highest BCUT2D eigenvalue weighted by Crippen LogP contribution is 2.40. The lowest BCUT2D eigenvalue weighted by Gasteiger charge is -2.27. The van der Waals surface area contributed by atoms with Gasteiger partial charge in [-0.2, -0.15) is 13.5 Å². The SMILES string of the molecule is C.CCOC(=O)CNc1cc(OC)ccc1[C@@H]1CCc2cc(OC(=O)C(C)(C)C)ccc2C1.CCOC(=O)CNc1cc(OC)ccc1[C@H]1CCc2cc(OC(=O)C(C)(C)C)ccc2C1.S. The van der Waals surface area contributed by atoms with Gasteiger partial charge in [-0.05, 0) is 176 Å². The smallest absolute Gasteiger partial charge is 0.325 e. The number of fused-ring (bicyclic) bond motifs is 2. The summed E-state index contributed by atoms with van der Waals surface area (Å²) in [7, 11) is 3.26. The number of esters is 4. The van der Waals surface area contributed by atoms with Crippen LogP contribution in [0.2, 0.25) is 0 Å². The number of nitrogens with one attached hydrogen (secondary N) is 2. The summed E-state index contributed by atoms with van der Waals surface area (Å²) < 4.78 is 32.0. The summed E-state index contributed by atoms with van der Waals surface area (Å²) in [6, 6.07) is 23.7. The Bertz CT molecular complexity index is 2120. The van der Waals surface area contributed by atoms with Crippen molar-refractivity contribution in [2.45, 2.75) is 113 Å².